The van der Waals surface area contributed by atoms with Gasteiger partial charge >= 0.3 is 0 Å². The van der Waals surface area contributed by atoms with Gasteiger partial charge in [0.2, 0.25) is 0 Å². The van der Waals surface area contributed by atoms with E-state index in [4.69, 9.17) is 0 Å². The molecule has 0 radical (unpaired) electrons. The molecule has 0 saturated carbocycles. The molecule has 0 aliphatic rings. The smallest absolute Gasteiger partial charge is 0.259 e. The Kier molecular flexibility index (Phi) is 4.37. The number of nitrogens with zero attached hydrogens (tertiary/aromatic N) is 3. The summed E-state index contributed by atoms with van der Waals surface area (Å²) in [4.78, 5) is 16.9. The number of nitrogens with one attached hydrogen (secondary N) is 1. The molecule has 1 N–H and O–H groups in total. The van der Waals surface area contributed by atoms with E-state index in [9.17, 15) is 9.18 Å². The highest BCUT2D eigenvalue weighted by atomic mass is 19.1. The van der Waals surface area contributed by atoms with E-state index in [2.05, 4.69) is 15.4 Å². The van der Waals surface area contributed by atoms with Crippen LogP contribution in [-0.4, -0.2) is 20.7 Å². The summed E-state index contributed by atoms with van der Waals surface area (Å²) in [5.41, 5.74) is 1.77. The Morgan fingerprint density at radius 2 is 1.92 bits per heavy atom. The third kappa shape index (κ3) is 3.17. The lowest BCUT2D eigenvalue weighted by Gasteiger charge is -2.12. The second-order valence-electron chi connectivity index (χ2n) is 5.66. The molecular weight excluding hydrogens is 307 g/mol. The molecule has 5 nitrogen and oxygen atoms in total. The lowest BCUT2D eigenvalue weighted by Crippen LogP contribution is -2.15. The lowest BCUT2D eigenvalue weighted by molar-refractivity contribution is 0.102. The van der Waals surface area contributed by atoms with Crippen LogP contribution in [0, 0.1) is 5.82 Å². The Balaban J connectivity index is 1.94. The number of carbonyl (C=O) groups is 1. The molecule has 6 heteroatoms. The highest BCUT2D eigenvalue weighted by Gasteiger charge is 2.21. The zero-order chi connectivity index (χ0) is 17.1. The topological polar surface area (TPSA) is 59.8 Å². The van der Waals surface area contributed by atoms with Crippen molar-refractivity contribution in [3.05, 3.63) is 71.9 Å². The molecule has 0 fully saturated rings. The monoisotopic (exact) mass is 324 g/mol. The lowest BCUT2D eigenvalue weighted by atomic mass is 10.1. The Morgan fingerprint density at radius 1 is 1.17 bits per heavy atom. The van der Waals surface area contributed by atoms with Crippen molar-refractivity contribution in [2.45, 2.75) is 19.8 Å². The first-order chi connectivity index (χ1) is 11.6. The molecule has 3 rings (SSSR count). The number of hydrogen-bond donors (Lipinski definition) is 1. The zero-order valence-electron chi connectivity index (χ0n) is 13.4. The molecule has 0 saturated heterocycles. The first kappa shape index (κ1) is 15.9. The number of anilines is 1. The first-order valence-electron chi connectivity index (χ1n) is 7.62. The Morgan fingerprint density at radius 3 is 2.54 bits per heavy atom. The average molecular weight is 324 g/mol. The fourth-order valence-corrected chi connectivity index (χ4v) is 2.48. The van der Waals surface area contributed by atoms with Crippen molar-refractivity contribution in [1.82, 2.24) is 14.8 Å². The van der Waals surface area contributed by atoms with Crippen LogP contribution in [0.1, 0.15) is 35.8 Å². The summed E-state index contributed by atoms with van der Waals surface area (Å²) in [5.74, 6) is 0.0943. The number of amides is 1. The van der Waals surface area contributed by atoms with Crippen LogP contribution in [0.5, 0.6) is 0 Å². The predicted octanol–water partition coefficient (Wildman–Crippen LogP) is 3.78. The van der Waals surface area contributed by atoms with E-state index in [1.807, 2.05) is 32.0 Å². The van der Waals surface area contributed by atoms with Crippen LogP contribution < -0.4 is 5.32 Å². The third-order valence-electron chi connectivity index (χ3n) is 3.57. The summed E-state index contributed by atoms with van der Waals surface area (Å²) in [7, 11) is 0. The van der Waals surface area contributed by atoms with Gasteiger partial charge in [-0.3, -0.25) is 4.79 Å². The van der Waals surface area contributed by atoms with E-state index in [0.717, 1.165) is 5.69 Å². The SMILES string of the molecule is CC(C)c1c(C(=O)Nc2ccc(F)cc2)cnn1-c1ccccn1. The molecule has 0 bridgehead atoms. The number of hydrogen-bond acceptors (Lipinski definition) is 3. The molecule has 0 aliphatic heterocycles. The molecule has 0 atom stereocenters. The molecule has 24 heavy (non-hydrogen) atoms. The summed E-state index contributed by atoms with van der Waals surface area (Å²) in [5, 5.41) is 7.08. The number of halogens is 1. The van der Waals surface area contributed by atoms with Gasteiger partial charge in [-0.15, -0.1) is 0 Å². The average Bonchev–Trinajstić information content (AvgIpc) is 3.03. The van der Waals surface area contributed by atoms with Gasteiger partial charge in [-0.25, -0.2) is 14.1 Å². The largest absolute Gasteiger partial charge is 0.322 e. The molecule has 0 spiro atoms. The van der Waals surface area contributed by atoms with Gasteiger partial charge in [-0.05, 0) is 42.3 Å². The van der Waals surface area contributed by atoms with E-state index >= 15 is 0 Å². The summed E-state index contributed by atoms with van der Waals surface area (Å²) in [6, 6.07) is 11.2. The number of aromatic nitrogens is 3. The Bertz CT molecular complexity index is 841. The summed E-state index contributed by atoms with van der Waals surface area (Å²) >= 11 is 0. The molecule has 1 amide bonds. The van der Waals surface area contributed by atoms with E-state index in [0.29, 0.717) is 17.1 Å². The van der Waals surface area contributed by atoms with Gasteiger partial charge in [0.05, 0.1) is 17.5 Å². The van der Waals surface area contributed by atoms with Crippen molar-refractivity contribution < 1.29 is 9.18 Å². The third-order valence-corrected chi connectivity index (χ3v) is 3.57. The van der Waals surface area contributed by atoms with Crippen molar-refractivity contribution in [3.63, 3.8) is 0 Å². The van der Waals surface area contributed by atoms with Gasteiger partial charge in [0.25, 0.3) is 5.91 Å². The van der Waals surface area contributed by atoms with Crippen LogP contribution >= 0.6 is 0 Å². The first-order valence-corrected chi connectivity index (χ1v) is 7.62. The van der Waals surface area contributed by atoms with E-state index in [1.165, 1.54) is 30.5 Å². The minimum atomic E-state index is -0.348. The van der Waals surface area contributed by atoms with Crippen LogP contribution in [0.3, 0.4) is 0 Å². The van der Waals surface area contributed by atoms with Crippen LogP contribution in [0.15, 0.2) is 54.9 Å². The zero-order valence-corrected chi connectivity index (χ0v) is 13.4. The maximum Gasteiger partial charge on any atom is 0.259 e. The normalized spacial score (nSPS) is 10.8. The molecular formula is C18H17FN4O. The van der Waals surface area contributed by atoms with Crippen LogP contribution in [0.4, 0.5) is 10.1 Å². The summed E-state index contributed by atoms with van der Waals surface area (Å²) < 4.78 is 14.6. The van der Waals surface area contributed by atoms with Gasteiger partial charge in [-0.2, -0.15) is 5.10 Å². The van der Waals surface area contributed by atoms with Crippen molar-refractivity contribution in [3.8, 4) is 5.82 Å². The highest BCUT2D eigenvalue weighted by Crippen LogP contribution is 2.23. The molecule has 0 aliphatic carbocycles. The second kappa shape index (κ2) is 6.62. The number of rotatable bonds is 4. The van der Waals surface area contributed by atoms with Gasteiger partial charge in [0.1, 0.15) is 5.82 Å². The summed E-state index contributed by atoms with van der Waals surface area (Å²) in [6.07, 6.45) is 3.21. The Labute approximate surface area is 139 Å². The predicted molar refractivity (Wildman–Crippen MR) is 89.8 cm³/mol. The van der Waals surface area contributed by atoms with E-state index in [1.54, 1.807) is 10.9 Å². The van der Waals surface area contributed by atoms with Gasteiger partial charge in [0, 0.05) is 11.9 Å². The molecule has 2 heterocycles. The molecule has 2 aromatic heterocycles. The van der Waals surface area contributed by atoms with Gasteiger partial charge < -0.3 is 5.32 Å². The number of benzene rings is 1. The van der Waals surface area contributed by atoms with Gasteiger partial charge in [0.15, 0.2) is 5.82 Å². The molecule has 0 unspecified atom stereocenters. The fraction of sp³-hybridized carbons (Fsp3) is 0.167. The summed E-state index contributed by atoms with van der Waals surface area (Å²) in [6.45, 7) is 3.98. The van der Waals surface area contributed by atoms with Crippen LogP contribution in [0.2, 0.25) is 0 Å². The maximum absolute atomic E-state index is 13.0. The molecule has 122 valence electrons. The Hall–Kier alpha value is -3.02. The quantitative estimate of drug-likeness (QED) is 0.794. The van der Waals surface area contributed by atoms with Gasteiger partial charge in [-0.1, -0.05) is 19.9 Å². The molecule has 3 aromatic rings. The standard InChI is InChI=1S/C18H17FN4O/c1-12(2)17-15(11-21-23(17)16-5-3-4-10-20-16)18(24)22-14-8-6-13(19)7-9-14/h3-12H,1-2H3,(H,22,24). The van der Waals surface area contributed by atoms with Crippen molar-refractivity contribution >= 4 is 11.6 Å². The fourth-order valence-electron chi connectivity index (χ4n) is 2.48. The van der Waals surface area contributed by atoms with Crippen molar-refractivity contribution in [2.24, 2.45) is 0 Å². The van der Waals surface area contributed by atoms with E-state index in [-0.39, 0.29) is 17.6 Å². The number of pyridine rings is 1. The van der Waals surface area contributed by atoms with Crippen molar-refractivity contribution in [1.29, 1.82) is 0 Å². The minimum absolute atomic E-state index is 0.0727. The highest BCUT2D eigenvalue weighted by molar-refractivity contribution is 6.05. The number of carbonyl (C=O) groups excluding carboxylic acids is 1. The minimum Gasteiger partial charge on any atom is -0.322 e. The van der Waals surface area contributed by atoms with Crippen LogP contribution in [-0.2, 0) is 0 Å². The maximum atomic E-state index is 13.0. The van der Waals surface area contributed by atoms with Crippen LogP contribution in [0.25, 0.3) is 5.82 Å². The molecule has 1 aromatic carbocycles. The van der Waals surface area contributed by atoms with Crippen molar-refractivity contribution in [2.75, 3.05) is 5.32 Å². The van der Waals surface area contributed by atoms with E-state index < -0.39 is 0 Å². The second-order valence-corrected chi connectivity index (χ2v) is 5.66.